The third-order valence-electron chi connectivity index (χ3n) is 2.62. The van der Waals surface area contributed by atoms with Crippen LogP contribution < -0.4 is 0 Å². The number of carbonyl (C=O) groups is 1. The van der Waals surface area contributed by atoms with E-state index in [9.17, 15) is 9.90 Å². The largest absolute Gasteiger partial charge is 0.466 e. The summed E-state index contributed by atoms with van der Waals surface area (Å²) in [6.07, 6.45) is -0.320. The molecule has 4 heteroatoms. The zero-order chi connectivity index (χ0) is 12.8. The van der Waals surface area contributed by atoms with Gasteiger partial charge in [0, 0.05) is 5.02 Å². The van der Waals surface area contributed by atoms with Crippen LogP contribution in [0.1, 0.15) is 31.9 Å². The lowest BCUT2D eigenvalue weighted by Crippen LogP contribution is -2.24. The molecule has 0 heterocycles. The minimum atomic E-state index is -0.851. The van der Waals surface area contributed by atoms with Gasteiger partial charge in [-0.3, -0.25) is 4.79 Å². The molecule has 0 bridgehead atoms. The minimum absolute atomic E-state index is 0.322. The van der Waals surface area contributed by atoms with E-state index < -0.39 is 12.0 Å². The van der Waals surface area contributed by atoms with Crippen molar-refractivity contribution >= 4 is 17.6 Å². The van der Waals surface area contributed by atoms with Gasteiger partial charge in [-0.2, -0.15) is 0 Å². The third-order valence-corrected chi connectivity index (χ3v) is 2.87. The Bertz CT molecular complexity index is 361. The number of carbonyl (C=O) groups excluding carboxylic acids is 1. The van der Waals surface area contributed by atoms with Gasteiger partial charge in [0.15, 0.2) is 0 Å². The standard InChI is InChI=1S/C13H17ClO3/c1-3-11(13(16)17-4-2)12(15)9-5-7-10(14)8-6-9/h5-8,11-12,15H,3-4H2,1-2H3. The Morgan fingerprint density at radius 1 is 1.35 bits per heavy atom. The van der Waals surface area contributed by atoms with Gasteiger partial charge in [0.05, 0.1) is 18.6 Å². The van der Waals surface area contributed by atoms with Crippen LogP contribution in [0.3, 0.4) is 0 Å². The van der Waals surface area contributed by atoms with Crippen LogP contribution in [0.15, 0.2) is 24.3 Å². The summed E-state index contributed by atoms with van der Waals surface area (Å²) in [6, 6.07) is 6.82. The molecule has 1 rings (SSSR count). The zero-order valence-corrected chi connectivity index (χ0v) is 10.8. The third kappa shape index (κ3) is 3.72. The van der Waals surface area contributed by atoms with E-state index in [4.69, 9.17) is 16.3 Å². The summed E-state index contributed by atoms with van der Waals surface area (Å²) in [5.41, 5.74) is 0.675. The fourth-order valence-corrected chi connectivity index (χ4v) is 1.79. The summed E-state index contributed by atoms with van der Waals surface area (Å²) >= 11 is 5.77. The maximum atomic E-state index is 11.6. The molecule has 0 aliphatic rings. The minimum Gasteiger partial charge on any atom is -0.466 e. The summed E-state index contributed by atoms with van der Waals surface area (Å²) in [7, 11) is 0. The first-order valence-electron chi connectivity index (χ1n) is 5.70. The highest BCUT2D eigenvalue weighted by molar-refractivity contribution is 6.30. The van der Waals surface area contributed by atoms with Gasteiger partial charge in [0.25, 0.3) is 0 Å². The Morgan fingerprint density at radius 2 is 1.94 bits per heavy atom. The number of benzene rings is 1. The second kappa shape index (κ2) is 6.62. The fourth-order valence-electron chi connectivity index (χ4n) is 1.66. The monoisotopic (exact) mass is 256 g/mol. The van der Waals surface area contributed by atoms with Gasteiger partial charge in [-0.1, -0.05) is 30.7 Å². The number of aliphatic hydroxyl groups excluding tert-OH is 1. The molecule has 0 aliphatic heterocycles. The number of aliphatic hydroxyl groups is 1. The molecule has 94 valence electrons. The maximum Gasteiger partial charge on any atom is 0.311 e. The number of hydrogen-bond acceptors (Lipinski definition) is 3. The van der Waals surface area contributed by atoms with Crippen molar-refractivity contribution in [2.45, 2.75) is 26.4 Å². The van der Waals surface area contributed by atoms with Crippen molar-refractivity contribution in [3.05, 3.63) is 34.9 Å². The molecule has 0 radical (unpaired) electrons. The number of rotatable bonds is 5. The van der Waals surface area contributed by atoms with E-state index >= 15 is 0 Å². The molecule has 0 amide bonds. The number of halogens is 1. The van der Waals surface area contributed by atoms with Gasteiger partial charge < -0.3 is 9.84 Å². The molecule has 17 heavy (non-hydrogen) atoms. The highest BCUT2D eigenvalue weighted by atomic mass is 35.5. The second-order valence-electron chi connectivity index (χ2n) is 3.76. The average Bonchev–Trinajstić information content (AvgIpc) is 2.31. The molecule has 1 N–H and O–H groups in total. The van der Waals surface area contributed by atoms with E-state index in [1.54, 1.807) is 31.2 Å². The van der Waals surface area contributed by atoms with Crippen molar-refractivity contribution in [1.29, 1.82) is 0 Å². The van der Waals surface area contributed by atoms with E-state index in [0.717, 1.165) is 0 Å². The van der Waals surface area contributed by atoms with Gasteiger partial charge in [-0.05, 0) is 31.0 Å². The summed E-state index contributed by atoms with van der Waals surface area (Å²) in [5.74, 6) is -0.895. The van der Waals surface area contributed by atoms with Crippen LogP contribution in [0, 0.1) is 5.92 Å². The lowest BCUT2D eigenvalue weighted by molar-refractivity contribution is -0.152. The van der Waals surface area contributed by atoms with Gasteiger partial charge in [-0.15, -0.1) is 0 Å². The molecule has 0 saturated carbocycles. The number of esters is 1. The topological polar surface area (TPSA) is 46.5 Å². The maximum absolute atomic E-state index is 11.6. The quantitative estimate of drug-likeness (QED) is 0.824. The van der Waals surface area contributed by atoms with Crippen LogP contribution in [0.4, 0.5) is 0 Å². The molecule has 1 aromatic carbocycles. The Balaban J connectivity index is 2.81. The van der Waals surface area contributed by atoms with Crippen molar-refractivity contribution in [1.82, 2.24) is 0 Å². The highest BCUT2D eigenvalue weighted by Gasteiger charge is 2.27. The lowest BCUT2D eigenvalue weighted by atomic mass is 9.93. The van der Waals surface area contributed by atoms with E-state index in [-0.39, 0.29) is 5.97 Å². The lowest BCUT2D eigenvalue weighted by Gasteiger charge is -2.20. The zero-order valence-electron chi connectivity index (χ0n) is 10.0. The van der Waals surface area contributed by atoms with Crippen LogP contribution in [-0.4, -0.2) is 17.7 Å². The van der Waals surface area contributed by atoms with Gasteiger partial charge in [0.1, 0.15) is 0 Å². The second-order valence-corrected chi connectivity index (χ2v) is 4.20. The summed E-state index contributed by atoms with van der Waals surface area (Å²) in [5, 5.41) is 10.7. The molecule has 0 fully saturated rings. The van der Waals surface area contributed by atoms with Crippen molar-refractivity contribution in [2.24, 2.45) is 5.92 Å². The van der Waals surface area contributed by atoms with E-state index in [2.05, 4.69) is 0 Å². The summed E-state index contributed by atoms with van der Waals surface area (Å²) < 4.78 is 4.94. The first-order valence-corrected chi connectivity index (χ1v) is 6.08. The predicted molar refractivity (Wildman–Crippen MR) is 66.8 cm³/mol. The van der Waals surface area contributed by atoms with Crippen molar-refractivity contribution < 1.29 is 14.6 Å². The predicted octanol–water partition coefficient (Wildman–Crippen LogP) is 2.96. The van der Waals surface area contributed by atoms with E-state index in [1.165, 1.54) is 0 Å². The van der Waals surface area contributed by atoms with Crippen LogP contribution in [0.2, 0.25) is 5.02 Å². The van der Waals surface area contributed by atoms with Crippen molar-refractivity contribution in [3.8, 4) is 0 Å². The molecule has 2 unspecified atom stereocenters. The van der Waals surface area contributed by atoms with Crippen LogP contribution in [0.25, 0.3) is 0 Å². The Labute approximate surface area is 106 Å². The SMILES string of the molecule is CCOC(=O)C(CC)C(O)c1ccc(Cl)cc1. The van der Waals surface area contributed by atoms with Crippen molar-refractivity contribution in [2.75, 3.05) is 6.61 Å². The van der Waals surface area contributed by atoms with Gasteiger partial charge in [-0.25, -0.2) is 0 Å². The van der Waals surface area contributed by atoms with E-state index in [0.29, 0.717) is 23.6 Å². The molecule has 3 nitrogen and oxygen atoms in total. The van der Waals surface area contributed by atoms with Gasteiger partial charge >= 0.3 is 5.97 Å². The Hall–Kier alpha value is -1.06. The van der Waals surface area contributed by atoms with Crippen molar-refractivity contribution in [3.63, 3.8) is 0 Å². The fraction of sp³-hybridized carbons (Fsp3) is 0.462. The molecular formula is C13H17ClO3. The number of ether oxygens (including phenoxy) is 1. The van der Waals surface area contributed by atoms with Crippen LogP contribution in [0.5, 0.6) is 0 Å². The molecular weight excluding hydrogens is 240 g/mol. The normalized spacial score (nSPS) is 14.1. The van der Waals surface area contributed by atoms with Crippen LogP contribution >= 0.6 is 11.6 Å². The van der Waals surface area contributed by atoms with Crippen LogP contribution in [-0.2, 0) is 9.53 Å². The Kier molecular flexibility index (Phi) is 5.45. The summed E-state index contributed by atoms with van der Waals surface area (Å²) in [6.45, 7) is 3.92. The van der Waals surface area contributed by atoms with E-state index in [1.807, 2.05) is 6.92 Å². The first kappa shape index (κ1) is 14.0. The Morgan fingerprint density at radius 3 is 2.41 bits per heavy atom. The molecule has 0 saturated heterocycles. The smallest absolute Gasteiger partial charge is 0.311 e. The molecule has 0 aromatic heterocycles. The average molecular weight is 257 g/mol. The van der Waals surface area contributed by atoms with Gasteiger partial charge in [0.2, 0.25) is 0 Å². The molecule has 2 atom stereocenters. The first-order chi connectivity index (χ1) is 8.10. The number of hydrogen-bond donors (Lipinski definition) is 1. The molecule has 0 spiro atoms. The molecule has 0 aliphatic carbocycles. The summed E-state index contributed by atoms with van der Waals surface area (Å²) in [4.78, 5) is 11.6. The molecule has 1 aromatic rings. The highest BCUT2D eigenvalue weighted by Crippen LogP contribution is 2.26.